The summed E-state index contributed by atoms with van der Waals surface area (Å²) in [5.74, 6) is 0.555. The highest BCUT2D eigenvalue weighted by atomic mass is 14.7. The molecule has 1 nitrogen and oxygen atoms in total. The topological polar surface area (TPSA) is 23.8 Å². The molecule has 0 saturated heterocycles. The first-order valence-corrected chi connectivity index (χ1v) is 5.36. The van der Waals surface area contributed by atoms with Gasteiger partial charge in [-0.15, -0.1) is 0 Å². The Balaban J connectivity index is 2.94. The summed E-state index contributed by atoms with van der Waals surface area (Å²) in [6.07, 6.45) is 0.898. The van der Waals surface area contributed by atoms with E-state index in [1.165, 1.54) is 22.3 Å². The van der Waals surface area contributed by atoms with Crippen LogP contribution in [-0.2, 0) is 0 Å². The van der Waals surface area contributed by atoms with Gasteiger partial charge in [-0.25, -0.2) is 0 Å². The van der Waals surface area contributed by atoms with Gasteiger partial charge >= 0.3 is 0 Å². The van der Waals surface area contributed by atoms with Crippen molar-refractivity contribution in [2.45, 2.75) is 53.5 Å². The fourth-order valence-electron chi connectivity index (χ4n) is 2.21. The van der Waals surface area contributed by atoms with Crippen molar-refractivity contribution in [3.63, 3.8) is 0 Å². The Kier molecular flexibility index (Phi) is 2.91. The predicted octanol–water partition coefficient (Wildman–Crippen LogP) is 3.74. The summed E-state index contributed by atoms with van der Waals surface area (Å²) in [6.45, 7) is 12.9. The quantitative estimate of drug-likeness (QED) is 0.636. The van der Waals surface area contributed by atoms with Gasteiger partial charge in [-0.05, 0) is 58.1 Å². The van der Waals surface area contributed by atoms with Crippen LogP contribution in [0.1, 0.15) is 48.0 Å². The summed E-state index contributed by atoms with van der Waals surface area (Å²) in [5.41, 5.74) is 13.4. The first-order chi connectivity index (χ1) is 6.24. The normalized spacial score (nSPS) is 23.8. The Morgan fingerprint density at radius 2 is 1.64 bits per heavy atom. The summed E-state index contributed by atoms with van der Waals surface area (Å²) < 4.78 is 0. The van der Waals surface area contributed by atoms with Crippen molar-refractivity contribution in [2.75, 3.05) is 0 Å². The lowest BCUT2D eigenvalue weighted by Crippen LogP contribution is -2.23. The second kappa shape index (κ2) is 3.54. The van der Waals surface area contributed by atoms with Crippen LogP contribution in [0.3, 0.4) is 0 Å². The van der Waals surface area contributed by atoms with Crippen LogP contribution in [0.4, 0.5) is 0 Å². The highest BCUT2D eigenvalue weighted by Crippen LogP contribution is 2.39. The molecule has 1 atom stereocenters. The average molecular weight is 192 g/mol. The summed E-state index contributed by atoms with van der Waals surface area (Å²) in [4.78, 5) is 0. The van der Waals surface area contributed by atoms with Crippen molar-refractivity contribution in [3.8, 4) is 0 Å². The van der Waals surface area contributed by atoms with Crippen molar-refractivity contribution in [2.24, 2.45) is 5.92 Å². The van der Waals surface area contributed by atoms with Crippen molar-refractivity contribution < 1.29 is 0 Å². The van der Waals surface area contributed by atoms with E-state index in [2.05, 4.69) is 27.7 Å². The molecule has 1 aliphatic rings. The minimum absolute atomic E-state index is 0.338. The summed E-state index contributed by atoms with van der Waals surface area (Å²) in [5, 5.41) is 0. The van der Waals surface area contributed by atoms with Gasteiger partial charge in [0.2, 0.25) is 0 Å². The van der Waals surface area contributed by atoms with E-state index in [0.717, 1.165) is 6.42 Å². The fourth-order valence-corrected chi connectivity index (χ4v) is 2.21. The molecular weight excluding hydrogens is 170 g/mol. The maximum absolute atomic E-state index is 7.96. The van der Waals surface area contributed by atoms with Crippen molar-refractivity contribution in [1.29, 1.82) is 0 Å². The predicted molar refractivity (Wildman–Crippen MR) is 62.0 cm³/mol. The first kappa shape index (κ1) is 11.5. The van der Waals surface area contributed by atoms with E-state index in [1.54, 1.807) is 0 Å². The van der Waals surface area contributed by atoms with Gasteiger partial charge in [0.1, 0.15) is 0 Å². The van der Waals surface area contributed by atoms with Crippen LogP contribution in [0.5, 0.6) is 0 Å². The molecule has 0 aromatic rings. The van der Waals surface area contributed by atoms with Crippen LogP contribution < -0.4 is 5.73 Å². The molecule has 0 aliphatic heterocycles. The van der Waals surface area contributed by atoms with E-state index in [0.29, 0.717) is 5.92 Å². The van der Waals surface area contributed by atoms with Crippen LogP contribution in [0, 0.1) is 5.92 Å². The van der Waals surface area contributed by atoms with E-state index in [1.807, 2.05) is 13.8 Å². The Morgan fingerprint density at radius 1 is 1.14 bits per heavy atom. The second-order valence-corrected chi connectivity index (χ2v) is 5.24. The van der Waals surface area contributed by atoms with Crippen LogP contribution in [0.15, 0.2) is 22.3 Å². The molecule has 1 radical (unpaired) electrons. The monoisotopic (exact) mass is 192 g/mol. The lowest BCUT2D eigenvalue weighted by molar-refractivity contribution is 0.477. The first-order valence-electron chi connectivity index (χ1n) is 5.36. The molecule has 0 heterocycles. The zero-order valence-electron chi connectivity index (χ0n) is 10.3. The second-order valence-electron chi connectivity index (χ2n) is 5.24. The molecular formula is C13H22N. The lowest BCUT2D eigenvalue weighted by Gasteiger charge is -2.22. The lowest BCUT2D eigenvalue weighted by atomic mass is 9.87. The van der Waals surface area contributed by atoms with Gasteiger partial charge in [0.05, 0.1) is 0 Å². The molecule has 1 rings (SSSR count). The molecule has 0 spiro atoms. The van der Waals surface area contributed by atoms with E-state index in [-0.39, 0.29) is 5.54 Å². The molecule has 0 aromatic carbocycles. The number of allylic oxidation sites excluding steroid dienone is 3. The summed E-state index contributed by atoms with van der Waals surface area (Å²) >= 11 is 0. The summed E-state index contributed by atoms with van der Waals surface area (Å²) in [6, 6.07) is 0. The van der Waals surface area contributed by atoms with Gasteiger partial charge in [0.25, 0.3) is 0 Å². The van der Waals surface area contributed by atoms with E-state index in [4.69, 9.17) is 5.73 Å². The van der Waals surface area contributed by atoms with E-state index in [9.17, 15) is 0 Å². The standard InChI is InChI=1S/C13H22N/c1-8-9(2)11(4)12(10(8)3)7-13(5,6)14/h10,14H,7H2,1-6H3. The molecule has 14 heavy (non-hydrogen) atoms. The molecule has 79 valence electrons. The molecule has 1 aliphatic carbocycles. The van der Waals surface area contributed by atoms with Crippen molar-refractivity contribution in [1.82, 2.24) is 5.73 Å². The van der Waals surface area contributed by atoms with Gasteiger partial charge in [0, 0.05) is 5.54 Å². The zero-order valence-corrected chi connectivity index (χ0v) is 10.3. The molecule has 1 unspecified atom stereocenters. The average Bonchev–Trinajstić information content (AvgIpc) is 2.20. The molecule has 0 fully saturated rings. The Morgan fingerprint density at radius 3 is 1.93 bits per heavy atom. The number of hydrogen-bond acceptors (Lipinski definition) is 0. The molecule has 1 heteroatoms. The SMILES string of the molecule is CC1=C(C)C(C)C(CC(C)(C)[NH])=C1C. The van der Waals surface area contributed by atoms with Gasteiger partial charge < -0.3 is 0 Å². The molecule has 0 bridgehead atoms. The van der Waals surface area contributed by atoms with E-state index >= 15 is 0 Å². The van der Waals surface area contributed by atoms with Crippen molar-refractivity contribution in [3.05, 3.63) is 22.3 Å². The third-order valence-corrected chi connectivity index (χ3v) is 3.44. The largest absolute Gasteiger partial charge is 0.251 e. The van der Waals surface area contributed by atoms with Crippen LogP contribution in [0.25, 0.3) is 0 Å². The molecule has 0 aromatic heterocycles. The highest BCUT2D eigenvalue weighted by Gasteiger charge is 2.27. The summed E-state index contributed by atoms with van der Waals surface area (Å²) in [7, 11) is 0. The fraction of sp³-hybridized carbons (Fsp3) is 0.692. The van der Waals surface area contributed by atoms with E-state index < -0.39 is 0 Å². The van der Waals surface area contributed by atoms with Crippen LogP contribution in [0.2, 0.25) is 0 Å². The maximum atomic E-state index is 7.96. The van der Waals surface area contributed by atoms with Gasteiger partial charge in [-0.2, -0.15) is 0 Å². The Hall–Kier alpha value is -0.560. The van der Waals surface area contributed by atoms with Crippen LogP contribution in [-0.4, -0.2) is 5.54 Å². The minimum atomic E-state index is -0.338. The molecule has 1 N–H and O–H groups in total. The van der Waals surface area contributed by atoms with Gasteiger partial charge in [-0.1, -0.05) is 18.1 Å². The highest BCUT2D eigenvalue weighted by molar-refractivity contribution is 5.46. The third kappa shape index (κ3) is 2.09. The van der Waals surface area contributed by atoms with Gasteiger partial charge in [-0.3, -0.25) is 5.73 Å². The maximum Gasteiger partial charge on any atom is 0.0305 e. The molecule has 0 amide bonds. The van der Waals surface area contributed by atoms with Gasteiger partial charge in [0.15, 0.2) is 0 Å². The van der Waals surface area contributed by atoms with Crippen LogP contribution >= 0.6 is 0 Å². The number of nitrogens with one attached hydrogen (secondary N) is 1. The number of rotatable bonds is 2. The number of hydrogen-bond donors (Lipinski definition) is 0. The third-order valence-electron chi connectivity index (χ3n) is 3.44. The Bertz CT molecular complexity index is 300. The Labute approximate surface area is 88.1 Å². The van der Waals surface area contributed by atoms with Crippen molar-refractivity contribution >= 4 is 0 Å². The molecule has 0 saturated carbocycles. The smallest absolute Gasteiger partial charge is 0.0305 e. The minimum Gasteiger partial charge on any atom is -0.251 e. The zero-order chi connectivity index (χ0) is 11.1.